The first-order chi connectivity index (χ1) is 7.45. The minimum Gasteiger partial charge on any atom is -0.380 e. The van der Waals surface area contributed by atoms with E-state index >= 15 is 0 Å². The van der Waals surface area contributed by atoms with E-state index in [9.17, 15) is 12.8 Å². The van der Waals surface area contributed by atoms with Gasteiger partial charge in [0.25, 0.3) is 0 Å². The summed E-state index contributed by atoms with van der Waals surface area (Å²) in [7, 11) is -1.89. The average Bonchev–Trinajstić information content (AvgIpc) is 2.23. The van der Waals surface area contributed by atoms with Crippen molar-refractivity contribution in [1.82, 2.24) is 0 Å². The lowest BCUT2D eigenvalue weighted by atomic mass is 10.2. The summed E-state index contributed by atoms with van der Waals surface area (Å²) >= 11 is 0. The minimum atomic E-state index is -3.34. The Bertz CT molecular complexity index is 427. The molecule has 92 valence electrons. The van der Waals surface area contributed by atoms with E-state index in [1.54, 1.807) is 0 Å². The Hall–Kier alpha value is -0.940. The molecule has 16 heavy (non-hydrogen) atoms. The van der Waals surface area contributed by atoms with Gasteiger partial charge in [-0.25, -0.2) is 12.8 Å². The molecule has 1 aromatic rings. The number of hydrogen-bond donors (Lipinski definition) is 0. The Morgan fingerprint density at radius 1 is 1.31 bits per heavy atom. The number of halogens is 1. The summed E-state index contributed by atoms with van der Waals surface area (Å²) in [6.45, 7) is 4.13. The van der Waals surface area contributed by atoms with Gasteiger partial charge in [0.05, 0.1) is 11.5 Å². The van der Waals surface area contributed by atoms with Gasteiger partial charge >= 0.3 is 0 Å². The minimum absolute atomic E-state index is 0.0187. The van der Waals surface area contributed by atoms with Crippen LogP contribution in [0.3, 0.4) is 0 Å². The summed E-state index contributed by atoms with van der Waals surface area (Å²) in [6, 6.07) is 3.78. The van der Waals surface area contributed by atoms with E-state index in [2.05, 4.69) is 0 Å². The van der Waals surface area contributed by atoms with Gasteiger partial charge < -0.3 is 4.74 Å². The molecule has 0 spiro atoms. The van der Waals surface area contributed by atoms with E-state index in [-0.39, 0.29) is 11.5 Å². The molecule has 1 rings (SSSR count). The molecule has 0 saturated heterocycles. The van der Waals surface area contributed by atoms with Crippen molar-refractivity contribution < 1.29 is 17.5 Å². The van der Waals surface area contributed by atoms with Crippen molar-refractivity contribution in [2.45, 2.75) is 25.3 Å². The van der Waals surface area contributed by atoms with Crippen LogP contribution in [0.5, 0.6) is 0 Å². The highest BCUT2D eigenvalue weighted by Gasteiger charge is 2.10. The van der Waals surface area contributed by atoms with Crippen molar-refractivity contribution in [2.75, 3.05) is 13.4 Å². The molecule has 0 bridgehead atoms. The molecule has 0 N–H and O–H groups in total. The number of methoxy groups -OCH3 is 1. The summed E-state index contributed by atoms with van der Waals surface area (Å²) in [6.07, 6.45) is 1.04. The number of benzene rings is 1. The first-order valence-corrected chi connectivity index (χ1v) is 6.81. The lowest BCUT2D eigenvalue weighted by molar-refractivity contribution is 0.181. The second-order valence-electron chi connectivity index (χ2n) is 2.96. The highest BCUT2D eigenvalue weighted by Crippen LogP contribution is 2.15. The van der Waals surface area contributed by atoms with Gasteiger partial charge in [-0.05, 0) is 12.1 Å². The molecule has 0 radical (unpaired) electrons. The maximum atomic E-state index is 13.2. The van der Waals surface area contributed by atoms with E-state index < -0.39 is 15.7 Å². The highest BCUT2D eigenvalue weighted by molar-refractivity contribution is 7.90. The number of ether oxygens (including phenoxy) is 1. The predicted molar refractivity (Wildman–Crippen MR) is 61.6 cm³/mol. The topological polar surface area (TPSA) is 43.4 Å². The smallest absolute Gasteiger partial charge is 0.175 e. The van der Waals surface area contributed by atoms with Crippen molar-refractivity contribution in [1.29, 1.82) is 0 Å². The van der Waals surface area contributed by atoms with Crippen LogP contribution in [0, 0.1) is 5.82 Å². The molecule has 0 aliphatic carbocycles. The maximum Gasteiger partial charge on any atom is 0.175 e. The zero-order chi connectivity index (χ0) is 12.8. The third kappa shape index (κ3) is 4.28. The Morgan fingerprint density at radius 3 is 2.25 bits per heavy atom. The van der Waals surface area contributed by atoms with Gasteiger partial charge in [0.2, 0.25) is 0 Å². The van der Waals surface area contributed by atoms with Gasteiger partial charge in [-0.3, -0.25) is 0 Å². The lowest BCUT2D eigenvalue weighted by Gasteiger charge is -2.03. The Morgan fingerprint density at radius 2 is 1.88 bits per heavy atom. The van der Waals surface area contributed by atoms with Crippen LogP contribution in [-0.4, -0.2) is 21.8 Å². The van der Waals surface area contributed by atoms with Crippen molar-refractivity contribution in [3.63, 3.8) is 0 Å². The molecule has 0 aliphatic rings. The van der Waals surface area contributed by atoms with Crippen molar-refractivity contribution in [2.24, 2.45) is 0 Å². The summed E-state index contributed by atoms with van der Waals surface area (Å²) in [5.74, 6) is -0.560. The van der Waals surface area contributed by atoms with E-state index in [1.165, 1.54) is 19.2 Å². The molecular formula is C11H17FO3S. The largest absolute Gasteiger partial charge is 0.380 e. The fourth-order valence-electron chi connectivity index (χ4n) is 1.03. The van der Waals surface area contributed by atoms with Crippen LogP contribution < -0.4 is 0 Å². The molecule has 0 fully saturated rings. The van der Waals surface area contributed by atoms with Crippen LogP contribution >= 0.6 is 0 Å². The second-order valence-corrected chi connectivity index (χ2v) is 4.97. The van der Waals surface area contributed by atoms with Gasteiger partial charge in [0.15, 0.2) is 9.84 Å². The monoisotopic (exact) mass is 248 g/mol. The zero-order valence-electron chi connectivity index (χ0n) is 9.95. The van der Waals surface area contributed by atoms with Gasteiger partial charge in [0, 0.05) is 18.9 Å². The third-order valence-electron chi connectivity index (χ3n) is 1.75. The summed E-state index contributed by atoms with van der Waals surface area (Å²) in [4.78, 5) is -0.0187. The molecule has 0 aromatic heterocycles. The van der Waals surface area contributed by atoms with Crippen LogP contribution in [-0.2, 0) is 21.2 Å². The first kappa shape index (κ1) is 15.1. The standard InChI is InChI=1S/C9H11FO3S.C2H6/c1-13-6-7-3-4-8(5-9(7)10)14(2,11)12;1-2/h3-5H,6H2,1-2H3;1-2H3. The molecule has 0 unspecified atom stereocenters. The molecule has 0 amide bonds. The van der Waals surface area contributed by atoms with E-state index in [1.807, 2.05) is 13.8 Å². The fourth-order valence-corrected chi connectivity index (χ4v) is 1.66. The second kappa shape index (κ2) is 6.60. The Kier molecular flexibility index (Phi) is 6.21. The lowest BCUT2D eigenvalue weighted by Crippen LogP contribution is -2.00. The van der Waals surface area contributed by atoms with Crippen LogP contribution in [0.4, 0.5) is 4.39 Å². The molecule has 0 saturated carbocycles. The Labute approximate surface area is 96.2 Å². The van der Waals surface area contributed by atoms with E-state index in [0.29, 0.717) is 5.56 Å². The Balaban J connectivity index is 0.00000106. The molecular weight excluding hydrogens is 231 g/mol. The van der Waals surface area contributed by atoms with E-state index in [4.69, 9.17) is 4.74 Å². The van der Waals surface area contributed by atoms with Gasteiger partial charge in [0.1, 0.15) is 5.82 Å². The number of sulfone groups is 1. The molecule has 0 atom stereocenters. The van der Waals surface area contributed by atoms with Crippen molar-refractivity contribution in [3.8, 4) is 0 Å². The number of rotatable bonds is 3. The normalized spacial score (nSPS) is 10.6. The molecule has 1 aromatic carbocycles. The fraction of sp³-hybridized carbons (Fsp3) is 0.455. The van der Waals surface area contributed by atoms with Gasteiger partial charge in [-0.2, -0.15) is 0 Å². The van der Waals surface area contributed by atoms with Crippen LogP contribution in [0.15, 0.2) is 23.1 Å². The number of hydrogen-bond acceptors (Lipinski definition) is 3. The van der Waals surface area contributed by atoms with Crippen molar-refractivity contribution in [3.05, 3.63) is 29.6 Å². The summed E-state index contributed by atoms with van der Waals surface area (Å²) < 4.78 is 40.1. The zero-order valence-corrected chi connectivity index (χ0v) is 10.8. The summed E-state index contributed by atoms with van der Waals surface area (Å²) in [5, 5.41) is 0. The van der Waals surface area contributed by atoms with Crippen LogP contribution in [0.2, 0.25) is 0 Å². The molecule has 5 heteroatoms. The SMILES string of the molecule is CC.COCc1ccc(S(C)(=O)=O)cc1F. The van der Waals surface area contributed by atoms with Crippen LogP contribution in [0.1, 0.15) is 19.4 Å². The molecule has 3 nitrogen and oxygen atoms in total. The first-order valence-electron chi connectivity index (χ1n) is 4.92. The third-order valence-corrected chi connectivity index (χ3v) is 2.86. The maximum absolute atomic E-state index is 13.2. The van der Waals surface area contributed by atoms with Gasteiger partial charge in [-0.1, -0.05) is 19.9 Å². The molecule has 0 heterocycles. The molecule has 0 aliphatic heterocycles. The van der Waals surface area contributed by atoms with Crippen molar-refractivity contribution >= 4 is 9.84 Å². The highest BCUT2D eigenvalue weighted by atomic mass is 32.2. The average molecular weight is 248 g/mol. The van der Waals surface area contributed by atoms with Gasteiger partial charge in [-0.15, -0.1) is 0 Å². The summed E-state index contributed by atoms with van der Waals surface area (Å²) in [5.41, 5.74) is 0.347. The van der Waals surface area contributed by atoms with Crippen LogP contribution in [0.25, 0.3) is 0 Å². The quantitative estimate of drug-likeness (QED) is 0.825. The predicted octanol–water partition coefficient (Wildman–Crippen LogP) is 2.40. The van der Waals surface area contributed by atoms with E-state index in [0.717, 1.165) is 12.3 Å².